The van der Waals surface area contributed by atoms with Crippen molar-refractivity contribution >= 4 is 29.3 Å². The van der Waals surface area contributed by atoms with Gasteiger partial charge in [-0.1, -0.05) is 24.3 Å². The molecule has 0 bridgehead atoms. The van der Waals surface area contributed by atoms with E-state index in [0.717, 1.165) is 11.5 Å². The lowest BCUT2D eigenvalue weighted by Gasteiger charge is -2.27. The van der Waals surface area contributed by atoms with Gasteiger partial charge in [0.15, 0.2) is 0 Å². The van der Waals surface area contributed by atoms with Crippen molar-refractivity contribution in [1.29, 1.82) is 0 Å². The normalized spacial score (nSPS) is 16.4. The number of fused-ring (bicyclic) bond motifs is 1. The molecule has 0 aromatic heterocycles. The Hall–Kier alpha value is -2.51. The second-order valence-corrected chi connectivity index (χ2v) is 7.95. The second-order valence-electron chi connectivity index (χ2n) is 6.97. The fraction of sp³-hybridized carbons (Fsp3) is 0.364. The summed E-state index contributed by atoms with van der Waals surface area (Å²) < 4.78 is 5.14. The van der Waals surface area contributed by atoms with E-state index in [-0.39, 0.29) is 17.9 Å². The minimum Gasteiger partial charge on any atom is -0.497 e. The lowest BCUT2D eigenvalue weighted by Crippen LogP contribution is -2.53. The van der Waals surface area contributed by atoms with E-state index < -0.39 is 6.04 Å². The number of nitrogens with one attached hydrogen (secondary N) is 3. The Morgan fingerprint density at radius 1 is 1.17 bits per heavy atom. The van der Waals surface area contributed by atoms with Crippen LogP contribution in [0.4, 0.5) is 5.69 Å². The average Bonchev–Trinajstić information content (AvgIpc) is 2.76. The van der Waals surface area contributed by atoms with Crippen LogP contribution in [0.3, 0.4) is 0 Å². The molecule has 0 spiro atoms. The molecule has 1 aliphatic rings. The van der Waals surface area contributed by atoms with Crippen LogP contribution in [-0.2, 0) is 22.6 Å². The van der Waals surface area contributed by atoms with Crippen LogP contribution in [0.2, 0.25) is 0 Å². The van der Waals surface area contributed by atoms with Crippen molar-refractivity contribution in [1.82, 2.24) is 10.6 Å². The molecule has 0 radical (unpaired) electrons. The van der Waals surface area contributed by atoms with Crippen molar-refractivity contribution in [2.75, 3.05) is 24.4 Å². The van der Waals surface area contributed by atoms with Gasteiger partial charge in [0.1, 0.15) is 11.8 Å². The number of thioether (sulfide) groups is 1. The third-order valence-electron chi connectivity index (χ3n) is 5.00. The number of carbonyl (C=O) groups is 2. The van der Waals surface area contributed by atoms with Gasteiger partial charge < -0.3 is 20.7 Å². The molecule has 0 aliphatic carbocycles. The first-order chi connectivity index (χ1) is 14.1. The average molecular weight is 414 g/mol. The number of anilines is 1. The Bertz CT molecular complexity index is 841. The maximum absolute atomic E-state index is 12.8. The molecule has 0 saturated heterocycles. The molecule has 2 amide bonds. The molecular formula is C22H27N3O3S. The standard InChI is InChI=1S/C22H27N3O3S/c1-28-18-9-7-17(8-10-18)24-21(26)19(11-12-29-2)25-22(27)20-13-15-5-3-4-6-16(15)14-23-20/h3-10,19-20,23H,11-14H2,1-2H3,(H,24,26)(H,25,27)/t19-,20+/m0/s1. The van der Waals surface area contributed by atoms with Crippen LogP contribution in [0.15, 0.2) is 48.5 Å². The molecule has 0 saturated carbocycles. The van der Waals surface area contributed by atoms with Gasteiger partial charge in [-0.25, -0.2) is 0 Å². The highest BCUT2D eigenvalue weighted by molar-refractivity contribution is 7.98. The molecule has 154 valence electrons. The predicted molar refractivity (Wildman–Crippen MR) is 117 cm³/mol. The summed E-state index contributed by atoms with van der Waals surface area (Å²) in [6.07, 6.45) is 3.18. The Morgan fingerprint density at radius 2 is 1.90 bits per heavy atom. The van der Waals surface area contributed by atoms with Crippen LogP contribution in [0.5, 0.6) is 5.75 Å². The summed E-state index contributed by atoms with van der Waals surface area (Å²) in [6.45, 7) is 0.655. The molecular weight excluding hydrogens is 386 g/mol. The summed E-state index contributed by atoms with van der Waals surface area (Å²) >= 11 is 1.65. The van der Waals surface area contributed by atoms with Gasteiger partial charge in [0, 0.05) is 12.2 Å². The zero-order valence-electron chi connectivity index (χ0n) is 16.7. The zero-order valence-corrected chi connectivity index (χ0v) is 17.6. The molecule has 6 nitrogen and oxygen atoms in total. The molecule has 2 atom stereocenters. The van der Waals surface area contributed by atoms with Gasteiger partial charge in [-0.2, -0.15) is 11.8 Å². The summed E-state index contributed by atoms with van der Waals surface area (Å²) in [5, 5.41) is 9.11. The Morgan fingerprint density at radius 3 is 2.59 bits per heavy atom. The first-order valence-corrected chi connectivity index (χ1v) is 11.0. The van der Waals surface area contributed by atoms with Crippen LogP contribution in [0.1, 0.15) is 17.5 Å². The minimum absolute atomic E-state index is 0.143. The molecule has 0 unspecified atom stereocenters. The highest BCUT2D eigenvalue weighted by atomic mass is 32.2. The monoisotopic (exact) mass is 413 g/mol. The quantitative estimate of drug-likeness (QED) is 0.620. The van der Waals surface area contributed by atoms with E-state index >= 15 is 0 Å². The summed E-state index contributed by atoms with van der Waals surface area (Å²) in [5.41, 5.74) is 3.06. The number of amides is 2. The van der Waals surface area contributed by atoms with Gasteiger partial charge in [0.25, 0.3) is 0 Å². The van der Waals surface area contributed by atoms with Crippen molar-refractivity contribution < 1.29 is 14.3 Å². The number of hydrogen-bond donors (Lipinski definition) is 3. The van der Waals surface area contributed by atoms with Gasteiger partial charge in [0.05, 0.1) is 13.2 Å². The SMILES string of the molecule is COc1ccc(NC(=O)[C@H](CCSC)NC(=O)[C@H]2Cc3ccccc3CN2)cc1. The summed E-state index contributed by atoms with van der Waals surface area (Å²) in [4.78, 5) is 25.6. The highest BCUT2D eigenvalue weighted by Crippen LogP contribution is 2.18. The van der Waals surface area contributed by atoms with E-state index in [0.29, 0.717) is 25.1 Å². The van der Waals surface area contributed by atoms with E-state index in [1.165, 1.54) is 11.1 Å². The third-order valence-corrected chi connectivity index (χ3v) is 5.64. The maximum Gasteiger partial charge on any atom is 0.246 e. The number of ether oxygens (including phenoxy) is 1. The van der Waals surface area contributed by atoms with Crippen molar-refractivity contribution in [3.05, 3.63) is 59.7 Å². The van der Waals surface area contributed by atoms with Gasteiger partial charge in [-0.05, 0) is 60.2 Å². The van der Waals surface area contributed by atoms with E-state index in [4.69, 9.17) is 4.74 Å². The van der Waals surface area contributed by atoms with Crippen LogP contribution in [0, 0.1) is 0 Å². The van der Waals surface area contributed by atoms with E-state index in [1.807, 2.05) is 18.4 Å². The maximum atomic E-state index is 12.8. The molecule has 7 heteroatoms. The van der Waals surface area contributed by atoms with Gasteiger partial charge in [0.2, 0.25) is 11.8 Å². The zero-order chi connectivity index (χ0) is 20.6. The molecule has 3 N–H and O–H groups in total. The van der Waals surface area contributed by atoms with Crippen molar-refractivity contribution in [3.8, 4) is 5.75 Å². The Balaban J connectivity index is 1.63. The Kier molecular flexibility index (Phi) is 7.55. The molecule has 2 aromatic carbocycles. The lowest BCUT2D eigenvalue weighted by atomic mass is 9.95. The number of benzene rings is 2. The second kappa shape index (κ2) is 10.3. The molecule has 1 heterocycles. The summed E-state index contributed by atoms with van der Waals surface area (Å²) in [6, 6.07) is 14.3. The summed E-state index contributed by atoms with van der Waals surface area (Å²) in [7, 11) is 1.60. The van der Waals surface area contributed by atoms with Crippen molar-refractivity contribution in [2.45, 2.75) is 31.5 Å². The van der Waals surface area contributed by atoms with Crippen molar-refractivity contribution in [3.63, 3.8) is 0 Å². The van der Waals surface area contributed by atoms with Gasteiger partial charge in [-0.15, -0.1) is 0 Å². The lowest BCUT2D eigenvalue weighted by molar-refractivity contribution is -0.128. The largest absolute Gasteiger partial charge is 0.497 e. The first-order valence-electron chi connectivity index (χ1n) is 9.65. The highest BCUT2D eigenvalue weighted by Gasteiger charge is 2.28. The van der Waals surface area contributed by atoms with Crippen LogP contribution in [0.25, 0.3) is 0 Å². The molecule has 3 rings (SSSR count). The topological polar surface area (TPSA) is 79.5 Å². The number of hydrogen-bond acceptors (Lipinski definition) is 5. The minimum atomic E-state index is -0.587. The molecule has 2 aromatic rings. The van der Waals surface area contributed by atoms with E-state index in [1.54, 1.807) is 43.1 Å². The number of methoxy groups -OCH3 is 1. The van der Waals surface area contributed by atoms with Crippen molar-refractivity contribution in [2.24, 2.45) is 0 Å². The first kappa shape index (κ1) is 21.2. The molecule has 0 fully saturated rings. The summed E-state index contributed by atoms with van der Waals surface area (Å²) in [5.74, 6) is 1.14. The van der Waals surface area contributed by atoms with Crippen LogP contribution >= 0.6 is 11.8 Å². The molecule has 1 aliphatic heterocycles. The van der Waals surface area contributed by atoms with E-state index in [2.05, 4.69) is 28.1 Å². The van der Waals surface area contributed by atoms with Gasteiger partial charge in [-0.3, -0.25) is 9.59 Å². The van der Waals surface area contributed by atoms with E-state index in [9.17, 15) is 9.59 Å². The fourth-order valence-corrected chi connectivity index (χ4v) is 3.79. The van der Waals surface area contributed by atoms with Crippen LogP contribution < -0.4 is 20.7 Å². The van der Waals surface area contributed by atoms with Crippen LogP contribution in [-0.4, -0.2) is 43.0 Å². The Labute approximate surface area is 175 Å². The smallest absolute Gasteiger partial charge is 0.246 e. The number of carbonyl (C=O) groups excluding carboxylic acids is 2. The fourth-order valence-electron chi connectivity index (χ4n) is 3.32. The number of rotatable bonds is 8. The predicted octanol–water partition coefficient (Wildman–Crippen LogP) is 2.59. The third kappa shape index (κ3) is 5.74. The van der Waals surface area contributed by atoms with Gasteiger partial charge >= 0.3 is 0 Å². The molecule has 29 heavy (non-hydrogen) atoms.